The zero-order chi connectivity index (χ0) is 23.2. The van der Waals surface area contributed by atoms with E-state index in [0.717, 1.165) is 11.1 Å². The van der Waals surface area contributed by atoms with Gasteiger partial charge in [-0.25, -0.2) is 9.18 Å². The summed E-state index contributed by atoms with van der Waals surface area (Å²) in [6.07, 6.45) is 0.583. The number of amides is 3. The maximum absolute atomic E-state index is 13.2. The van der Waals surface area contributed by atoms with E-state index in [-0.39, 0.29) is 17.8 Å². The average Bonchev–Trinajstić information content (AvgIpc) is 2.95. The van der Waals surface area contributed by atoms with Crippen LogP contribution in [-0.2, 0) is 17.8 Å². The van der Waals surface area contributed by atoms with Crippen LogP contribution in [0.2, 0.25) is 0 Å². The Hall–Kier alpha value is -3.87. The molecule has 2 N–H and O–H groups in total. The third-order valence-electron chi connectivity index (χ3n) is 5.52. The van der Waals surface area contributed by atoms with E-state index in [1.165, 1.54) is 12.1 Å². The van der Waals surface area contributed by atoms with Crippen LogP contribution in [0.25, 0.3) is 0 Å². The second kappa shape index (κ2) is 10.2. The van der Waals surface area contributed by atoms with Crippen molar-refractivity contribution in [3.63, 3.8) is 0 Å². The van der Waals surface area contributed by atoms with Gasteiger partial charge in [0.1, 0.15) is 11.6 Å². The van der Waals surface area contributed by atoms with E-state index in [1.54, 1.807) is 41.3 Å². The molecular weight excluding hydrogens is 421 g/mol. The van der Waals surface area contributed by atoms with Gasteiger partial charge in [-0.05, 0) is 60.9 Å². The second-order valence-electron chi connectivity index (χ2n) is 7.92. The molecule has 0 aliphatic carbocycles. The van der Waals surface area contributed by atoms with Crippen LogP contribution in [0.15, 0.2) is 72.8 Å². The van der Waals surface area contributed by atoms with Crippen molar-refractivity contribution < 1.29 is 18.7 Å². The topological polar surface area (TPSA) is 70.7 Å². The lowest BCUT2D eigenvalue weighted by Gasteiger charge is -2.23. The first-order valence-electron chi connectivity index (χ1n) is 11.0. The molecule has 1 heterocycles. The number of anilines is 2. The van der Waals surface area contributed by atoms with Crippen LogP contribution < -0.4 is 15.4 Å². The number of ether oxygens (including phenoxy) is 1. The lowest BCUT2D eigenvalue weighted by atomic mass is 10.1. The molecule has 33 heavy (non-hydrogen) atoms. The number of rotatable bonds is 6. The van der Waals surface area contributed by atoms with Crippen LogP contribution in [0.3, 0.4) is 0 Å². The van der Waals surface area contributed by atoms with E-state index in [9.17, 15) is 14.0 Å². The number of carbonyl (C=O) groups is 2. The molecule has 1 aliphatic heterocycles. The van der Waals surface area contributed by atoms with Crippen molar-refractivity contribution in [2.45, 2.75) is 32.4 Å². The molecule has 0 spiro atoms. The fourth-order valence-corrected chi connectivity index (χ4v) is 3.76. The van der Waals surface area contributed by atoms with E-state index in [4.69, 9.17) is 4.74 Å². The summed E-state index contributed by atoms with van der Waals surface area (Å²) in [5, 5.41) is 5.62. The minimum atomic E-state index is -0.570. The molecule has 0 fully saturated rings. The van der Waals surface area contributed by atoms with Crippen molar-refractivity contribution >= 4 is 23.3 Å². The van der Waals surface area contributed by atoms with Gasteiger partial charge in [0.05, 0.1) is 0 Å². The van der Waals surface area contributed by atoms with Gasteiger partial charge in [-0.2, -0.15) is 0 Å². The summed E-state index contributed by atoms with van der Waals surface area (Å²) in [4.78, 5) is 27.2. The molecule has 0 radical (unpaired) electrons. The molecule has 6 nitrogen and oxygen atoms in total. The van der Waals surface area contributed by atoms with E-state index in [2.05, 4.69) is 10.6 Å². The number of nitrogens with one attached hydrogen (secondary N) is 2. The van der Waals surface area contributed by atoms with E-state index >= 15 is 0 Å². The molecule has 1 atom stereocenters. The van der Waals surface area contributed by atoms with E-state index in [0.29, 0.717) is 43.1 Å². The van der Waals surface area contributed by atoms with Gasteiger partial charge in [-0.15, -0.1) is 0 Å². The Bertz CT molecular complexity index is 1120. The molecule has 1 unspecified atom stereocenters. The molecule has 170 valence electrons. The molecular formula is C26H26FN3O3. The lowest BCUT2D eigenvalue weighted by Crippen LogP contribution is -2.40. The van der Waals surface area contributed by atoms with Gasteiger partial charge < -0.3 is 20.3 Å². The smallest absolute Gasteiger partial charge is 0.323 e. The van der Waals surface area contributed by atoms with E-state index < -0.39 is 6.10 Å². The molecule has 0 saturated carbocycles. The Labute approximate surface area is 192 Å². The fourth-order valence-electron chi connectivity index (χ4n) is 3.76. The first kappa shape index (κ1) is 22.3. The van der Waals surface area contributed by atoms with Gasteiger partial charge in [-0.3, -0.25) is 4.79 Å². The Kier molecular flexibility index (Phi) is 6.88. The Morgan fingerprint density at radius 2 is 1.76 bits per heavy atom. The van der Waals surface area contributed by atoms with Gasteiger partial charge >= 0.3 is 6.03 Å². The van der Waals surface area contributed by atoms with Crippen molar-refractivity contribution in [1.82, 2.24) is 4.90 Å². The number of nitrogens with zero attached hydrogens (tertiary/aromatic N) is 1. The molecule has 0 saturated heterocycles. The van der Waals surface area contributed by atoms with Gasteiger partial charge in [0, 0.05) is 30.0 Å². The summed E-state index contributed by atoms with van der Waals surface area (Å²) in [5.41, 5.74) is 3.06. The first-order valence-corrected chi connectivity index (χ1v) is 11.0. The number of para-hydroxylation sites is 1. The van der Waals surface area contributed by atoms with Crippen LogP contribution in [0, 0.1) is 5.82 Å². The number of fused-ring (bicyclic) bond motifs is 1. The molecule has 3 aromatic rings. The van der Waals surface area contributed by atoms with Gasteiger partial charge in [0.25, 0.3) is 5.91 Å². The molecule has 0 aromatic heterocycles. The van der Waals surface area contributed by atoms with Gasteiger partial charge in [0.15, 0.2) is 6.10 Å². The zero-order valence-electron chi connectivity index (χ0n) is 18.4. The number of halogens is 1. The number of carbonyl (C=O) groups excluding carboxylic acids is 2. The minimum Gasteiger partial charge on any atom is -0.480 e. The van der Waals surface area contributed by atoms with Crippen LogP contribution in [0.1, 0.15) is 24.5 Å². The lowest BCUT2D eigenvalue weighted by molar-refractivity contribution is -0.138. The van der Waals surface area contributed by atoms with Gasteiger partial charge in [-0.1, -0.05) is 37.3 Å². The SMILES string of the molecule is CCC1Oc2ccc(NC(=O)Nc3ccccc3)cc2CN(CCc2ccc(F)cc2)C1=O. The summed E-state index contributed by atoms with van der Waals surface area (Å²) in [5.74, 6) is 0.273. The van der Waals surface area contributed by atoms with Crippen LogP contribution in [0.4, 0.5) is 20.6 Å². The molecule has 0 bridgehead atoms. The van der Waals surface area contributed by atoms with Crippen molar-refractivity contribution in [2.75, 3.05) is 17.2 Å². The number of benzene rings is 3. The quantitative estimate of drug-likeness (QED) is 0.545. The van der Waals surface area contributed by atoms with Crippen LogP contribution >= 0.6 is 0 Å². The van der Waals surface area contributed by atoms with Crippen LogP contribution in [-0.4, -0.2) is 29.5 Å². The summed E-state index contributed by atoms with van der Waals surface area (Å²) < 4.78 is 19.2. The van der Waals surface area contributed by atoms with Crippen LogP contribution in [0.5, 0.6) is 5.75 Å². The van der Waals surface area contributed by atoms with E-state index in [1.807, 2.05) is 31.2 Å². The third-order valence-corrected chi connectivity index (χ3v) is 5.52. The standard InChI is InChI=1S/C26H26FN3O3/c1-2-23-25(31)30(15-14-18-8-10-20(27)11-9-18)17-19-16-22(12-13-24(19)33-23)29-26(32)28-21-6-4-3-5-7-21/h3-13,16,23H,2,14-15,17H2,1H3,(H2,28,29,32). The molecule has 1 aliphatic rings. The minimum absolute atomic E-state index is 0.0767. The normalized spacial score (nSPS) is 15.3. The Balaban J connectivity index is 1.48. The summed E-state index contributed by atoms with van der Waals surface area (Å²) in [6.45, 7) is 2.76. The predicted molar refractivity (Wildman–Crippen MR) is 126 cm³/mol. The summed E-state index contributed by atoms with van der Waals surface area (Å²) in [7, 11) is 0. The molecule has 4 rings (SSSR count). The number of hydrogen-bond acceptors (Lipinski definition) is 3. The monoisotopic (exact) mass is 447 g/mol. The fraction of sp³-hybridized carbons (Fsp3) is 0.231. The number of hydrogen-bond donors (Lipinski definition) is 2. The predicted octanol–water partition coefficient (Wildman–Crippen LogP) is 5.21. The highest BCUT2D eigenvalue weighted by Crippen LogP contribution is 2.29. The van der Waals surface area contributed by atoms with Crippen molar-refractivity contribution in [1.29, 1.82) is 0 Å². The number of urea groups is 1. The highest BCUT2D eigenvalue weighted by atomic mass is 19.1. The maximum atomic E-state index is 13.2. The average molecular weight is 448 g/mol. The maximum Gasteiger partial charge on any atom is 0.323 e. The van der Waals surface area contributed by atoms with Crippen molar-refractivity contribution in [3.05, 3.63) is 89.7 Å². The van der Waals surface area contributed by atoms with Gasteiger partial charge in [0.2, 0.25) is 0 Å². The Morgan fingerprint density at radius 1 is 1.03 bits per heavy atom. The largest absolute Gasteiger partial charge is 0.480 e. The first-order chi connectivity index (χ1) is 16.0. The highest BCUT2D eigenvalue weighted by molar-refractivity contribution is 5.99. The molecule has 7 heteroatoms. The van der Waals surface area contributed by atoms with Crippen molar-refractivity contribution in [3.8, 4) is 5.75 Å². The molecule has 3 amide bonds. The zero-order valence-corrected chi connectivity index (χ0v) is 18.4. The Morgan fingerprint density at radius 3 is 2.48 bits per heavy atom. The summed E-state index contributed by atoms with van der Waals surface area (Å²) in [6, 6.07) is 20.5. The van der Waals surface area contributed by atoms with Crippen molar-refractivity contribution in [2.24, 2.45) is 0 Å². The second-order valence-corrected chi connectivity index (χ2v) is 7.92. The summed E-state index contributed by atoms with van der Waals surface area (Å²) >= 11 is 0. The highest BCUT2D eigenvalue weighted by Gasteiger charge is 2.29. The molecule has 3 aromatic carbocycles. The third kappa shape index (κ3) is 5.68.